The summed E-state index contributed by atoms with van der Waals surface area (Å²) in [5.41, 5.74) is 0. The van der Waals surface area contributed by atoms with Crippen LogP contribution in [0.2, 0.25) is 0 Å². The van der Waals surface area contributed by atoms with Crippen molar-refractivity contribution in [2.24, 2.45) is 5.92 Å². The van der Waals surface area contributed by atoms with E-state index < -0.39 is 0 Å². The van der Waals surface area contributed by atoms with Gasteiger partial charge in [-0.2, -0.15) is 0 Å². The summed E-state index contributed by atoms with van der Waals surface area (Å²) in [7, 11) is 0. The van der Waals surface area contributed by atoms with Gasteiger partial charge in [0.25, 0.3) is 0 Å². The second-order valence-electron chi connectivity index (χ2n) is 2.60. The molecule has 54 valence electrons. The lowest BCUT2D eigenvalue weighted by Gasteiger charge is -1.79. The molecule has 1 rings (SSSR count). The maximum absolute atomic E-state index is 2.21. The molecule has 0 saturated heterocycles. The van der Waals surface area contributed by atoms with Gasteiger partial charge in [-0.05, 0) is 5.92 Å². The van der Waals surface area contributed by atoms with Gasteiger partial charge in [0, 0.05) is 0 Å². The molecule has 0 unspecified atom stereocenters. The van der Waals surface area contributed by atoms with Gasteiger partial charge in [-0.3, -0.25) is 0 Å². The van der Waals surface area contributed by atoms with Crippen LogP contribution in [0, 0.1) is 5.92 Å². The largest absolute Gasteiger partial charge is 0.0813 e. The van der Waals surface area contributed by atoms with Gasteiger partial charge >= 0.3 is 0 Å². The molecule has 0 radical (unpaired) electrons. The van der Waals surface area contributed by atoms with Gasteiger partial charge in [-0.15, -0.1) is 0 Å². The van der Waals surface area contributed by atoms with Gasteiger partial charge in [-0.1, -0.05) is 52.2 Å². The van der Waals surface area contributed by atoms with Gasteiger partial charge < -0.3 is 0 Å². The molecule has 0 heterocycles. The van der Waals surface area contributed by atoms with E-state index in [4.69, 9.17) is 0 Å². The van der Waals surface area contributed by atoms with Crippen molar-refractivity contribution in [1.82, 2.24) is 0 Å². The second kappa shape index (κ2) is 5.87. The lowest BCUT2D eigenvalue weighted by Crippen LogP contribution is -1.59. The minimum absolute atomic E-state index is 0.833. The zero-order valence-corrected chi connectivity index (χ0v) is 6.85. The Morgan fingerprint density at radius 2 is 1.44 bits per heavy atom. The second-order valence-corrected chi connectivity index (χ2v) is 2.60. The molecule has 0 saturated carbocycles. The summed E-state index contributed by atoms with van der Waals surface area (Å²) in [6.07, 6.45) is 8.41. The van der Waals surface area contributed by atoms with E-state index in [0.29, 0.717) is 0 Å². The molecule has 0 aromatic rings. The first kappa shape index (κ1) is 8.74. The fourth-order valence-electron chi connectivity index (χ4n) is 0.465. The topological polar surface area (TPSA) is 0 Å². The average molecular weight is 126 g/mol. The summed E-state index contributed by atoms with van der Waals surface area (Å²) in [6, 6.07) is 0. The molecule has 0 amide bonds. The first-order valence-electron chi connectivity index (χ1n) is 3.99. The Labute approximate surface area is 59.0 Å². The number of allylic oxidation sites excluding steroid dienone is 2. The molecule has 0 heteroatoms. The Kier molecular flexibility index (Phi) is 5.70. The lowest BCUT2D eigenvalue weighted by atomic mass is 10.3. The molecule has 0 bridgehead atoms. The Morgan fingerprint density at radius 3 is 1.44 bits per heavy atom. The third kappa shape index (κ3) is 11.4. The Morgan fingerprint density at radius 1 is 1.11 bits per heavy atom. The van der Waals surface area contributed by atoms with E-state index in [-0.39, 0.29) is 0 Å². The molecule has 0 atom stereocenters. The van der Waals surface area contributed by atoms with Crippen molar-refractivity contribution in [2.45, 2.75) is 40.0 Å². The monoisotopic (exact) mass is 126 g/mol. The third-order valence-electron chi connectivity index (χ3n) is 1.28. The SMILES string of the molecule is CC1C=C1.CCCCC. The van der Waals surface area contributed by atoms with E-state index >= 15 is 0 Å². The third-order valence-corrected chi connectivity index (χ3v) is 1.28. The van der Waals surface area contributed by atoms with Crippen molar-refractivity contribution < 1.29 is 0 Å². The predicted molar refractivity (Wildman–Crippen MR) is 43.5 cm³/mol. The quantitative estimate of drug-likeness (QED) is 0.497. The van der Waals surface area contributed by atoms with Crippen LogP contribution in [0.1, 0.15) is 40.0 Å². The van der Waals surface area contributed by atoms with Crippen molar-refractivity contribution in [2.75, 3.05) is 0 Å². The summed E-state index contributed by atoms with van der Waals surface area (Å²) in [4.78, 5) is 0. The molecule has 0 aromatic carbocycles. The molecule has 0 fully saturated rings. The first-order valence-corrected chi connectivity index (χ1v) is 3.99. The van der Waals surface area contributed by atoms with Crippen LogP contribution in [0.5, 0.6) is 0 Å². The highest BCUT2D eigenvalue weighted by atomic mass is 14.0. The Hall–Kier alpha value is -0.260. The van der Waals surface area contributed by atoms with E-state index in [9.17, 15) is 0 Å². The summed E-state index contributed by atoms with van der Waals surface area (Å²) < 4.78 is 0. The molecule has 9 heavy (non-hydrogen) atoms. The van der Waals surface area contributed by atoms with Crippen molar-refractivity contribution in [3.8, 4) is 0 Å². The van der Waals surface area contributed by atoms with Crippen molar-refractivity contribution in [3.05, 3.63) is 12.2 Å². The lowest BCUT2D eigenvalue weighted by molar-refractivity contribution is 0.772. The molecular formula is C9H18. The zero-order valence-electron chi connectivity index (χ0n) is 6.85. The maximum Gasteiger partial charge on any atom is -0.00815 e. The smallest absolute Gasteiger partial charge is 0.00815 e. The average Bonchev–Trinajstić information content (AvgIpc) is 2.55. The van der Waals surface area contributed by atoms with Crippen LogP contribution in [0.4, 0.5) is 0 Å². The minimum atomic E-state index is 0.833. The molecule has 1 aliphatic carbocycles. The fraction of sp³-hybridized carbons (Fsp3) is 0.778. The van der Waals surface area contributed by atoms with Crippen molar-refractivity contribution >= 4 is 0 Å². The Balaban J connectivity index is 0.000000144. The normalized spacial score (nSPS) is 14.6. The highest BCUT2D eigenvalue weighted by molar-refractivity contribution is 5.10. The molecule has 0 aromatic heterocycles. The van der Waals surface area contributed by atoms with Crippen molar-refractivity contribution in [1.29, 1.82) is 0 Å². The predicted octanol–water partition coefficient (Wildman–Crippen LogP) is 3.39. The molecule has 0 nitrogen and oxygen atoms in total. The highest BCUT2D eigenvalue weighted by Crippen LogP contribution is 2.11. The summed E-state index contributed by atoms with van der Waals surface area (Å²) in [6.45, 7) is 6.59. The first-order chi connectivity index (χ1) is 4.31. The van der Waals surface area contributed by atoms with Crippen LogP contribution in [0.15, 0.2) is 12.2 Å². The number of rotatable bonds is 2. The van der Waals surface area contributed by atoms with E-state index in [1.807, 2.05) is 0 Å². The van der Waals surface area contributed by atoms with E-state index in [1.54, 1.807) is 0 Å². The zero-order chi connectivity index (χ0) is 7.11. The van der Waals surface area contributed by atoms with Gasteiger partial charge in [0.1, 0.15) is 0 Å². The summed E-state index contributed by atoms with van der Waals surface area (Å²) in [5.74, 6) is 0.833. The van der Waals surface area contributed by atoms with Gasteiger partial charge in [-0.25, -0.2) is 0 Å². The number of hydrogen-bond donors (Lipinski definition) is 0. The van der Waals surface area contributed by atoms with Crippen LogP contribution in [-0.2, 0) is 0 Å². The fourth-order valence-corrected chi connectivity index (χ4v) is 0.465. The van der Waals surface area contributed by atoms with Crippen molar-refractivity contribution in [3.63, 3.8) is 0 Å². The summed E-state index contributed by atoms with van der Waals surface area (Å²) >= 11 is 0. The van der Waals surface area contributed by atoms with Gasteiger partial charge in [0.2, 0.25) is 0 Å². The van der Waals surface area contributed by atoms with Gasteiger partial charge in [0.05, 0.1) is 0 Å². The molecular weight excluding hydrogens is 108 g/mol. The van der Waals surface area contributed by atoms with Crippen LogP contribution in [0.25, 0.3) is 0 Å². The van der Waals surface area contributed by atoms with E-state index in [2.05, 4.69) is 32.9 Å². The van der Waals surface area contributed by atoms with Crippen LogP contribution < -0.4 is 0 Å². The number of unbranched alkanes of at least 4 members (excludes halogenated alkanes) is 2. The number of hydrogen-bond acceptors (Lipinski definition) is 0. The molecule has 0 spiro atoms. The minimum Gasteiger partial charge on any atom is -0.0813 e. The van der Waals surface area contributed by atoms with E-state index in [1.165, 1.54) is 19.3 Å². The van der Waals surface area contributed by atoms with Crippen LogP contribution in [-0.4, -0.2) is 0 Å². The Bertz CT molecular complexity index is 64.1. The van der Waals surface area contributed by atoms with E-state index in [0.717, 1.165) is 5.92 Å². The standard InChI is InChI=1S/C5H12.C4H6/c1-3-5-4-2;1-4-2-3-4/h3-5H2,1-2H3;2-4H,1H3. The van der Waals surface area contributed by atoms with Crippen LogP contribution in [0.3, 0.4) is 0 Å². The molecule has 0 N–H and O–H groups in total. The summed E-state index contributed by atoms with van der Waals surface area (Å²) in [5, 5.41) is 0. The molecule has 1 aliphatic rings. The maximum atomic E-state index is 2.21. The van der Waals surface area contributed by atoms with Crippen LogP contribution >= 0.6 is 0 Å². The molecule has 0 aliphatic heterocycles. The highest BCUT2D eigenvalue weighted by Gasteiger charge is 1.97. The van der Waals surface area contributed by atoms with Gasteiger partial charge in [0.15, 0.2) is 0 Å².